The van der Waals surface area contributed by atoms with Gasteiger partial charge < -0.3 is 18.9 Å². The Morgan fingerprint density at radius 3 is 1.46 bits per heavy atom. The lowest BCUT2D eigenvalue weighted by atomic mass is 9.55. The second-order valence-electron chi connectivity index (χ2n) is 15.7. The molecule has 2 atom stereocenters. The summed E-state index contributed by atoms with van der Waals surface area (Å²) < 4.78 is 28.1. The monoisotopic (exact) mass is 792 g/mol. The number of ketones is 1. The molecule has 0 unspecified atom stereocenters. The van der Waals surface area contributed by atoms with E-state index in [0.717, 1.165) is 30.4 Å². The van der Waals surface area contributed by atoms with E-state index < -0.39 is 35.0 Å². The van der Waals surface area contributed by atoms with Gasteiger partial charge in [0.1, 0.15) is 41.9 Å². The van der Waals surface area contributed by atoms with Crippen LogP contribution in [0, 0.1) is 5.41 Å². The van der Waals surface area contributed by atoms with Gasteiger partial charge in [0.2, 0.25) is 0 Å². The number of nitrogens with zero attached hydrogens (tertiary/aromatic N) is 6. The molecule has 0 bridgehead atoms. The molecule has 2 spiro atoms. The fraction of sp³-hybridized carbons (Fsp3) is 0.326. The van der Waals surface area contributed by atoms with E-state index in [1.54, 1.807) is 33.6 Å². The summed E-state index contributed by atoms with van der Waals surface area (Å²) in [5.41, 5.74) is 3.03. The molecule has 2 aliphatic carbocycles. The molecule has 13 heteroatoms. The maximum Gasteiger partial charge on any atom is 0.328 e. The third-order valence-electron chi connectivity index (χ3n) is 11.7. The molecule has 300 valence electrons. The summed E-state index contributed by atoms with van der Waals surface area (Å²) in [6, 6.07) is 34.3. The molecule has 0 radical (unpaired) electrons. The highest BCUT2D eigenvalue weighted by molar-refractivity contribution is 6.06. The maximum absolute atomic E-state index is 14.7. The van der Waals surface area contributed by atoms with Crippen molar-refractivity contribution in [1.29, 1.82) is 0 Å². The number of ether oxygens (including phenoxy) is 4. The summed E-state index contributed by atoms with van der Waals surface area (Å²) in [7, 11) is 0. The minimum Gasteiger partial charge on any atom is -0.487 e. The smallest absolute Gasteiger partial charge is 0.328 e. The number of esters is 2. The van der Waals surface area contributed by atoms with Gasteiger partial charge in [0.15, 0.2) is 5.41 Å². The van der Waals surface area contributed by atoms with Crippen molar-refractivity contribution in [3.8, 4) is 11.5 Å². The van der Waals surface area contributed by atoms with Crippen molar-refractivity contribution in [2.75, 3.05) is 0 Å². The molecular weight excluding hydrogens is 749 g/mol. The molecule has 9 rings (SSSR count). The van der Waals surface area contributed by atoms with Crippen molar-refractivity contribution < 1.29 is 33.3 Å². The number of rotatable bonds is 12. The molecule has 2 saturated carbocycles. The Morgan fingerprint density at radius 1 is 0.576 bits per heavy atom. The fourth-order valence-electron chi connectivity index (χ4n) is 8.75. The number of carbonyl (C=O) groups excluding carboxylic acids is 3. The highest BCUT2D eigenvalue weighted by Gasteiger charge is 2.68. The third kappa shape index (κ3) is 7.97. The lowest BCUT2D eigenvalue weighted by Gasteiger charge is -2.52. The first-order chi connectivity index (χ1) is 28.8. The Morgan fingerprint density at radius 2 is 1.02 bits per heavy atom. The second kappa shape index (κ2) is 16.3. The van der Waals surface area contributed by atoms with Crippen LogP contribution in [0.2, 0.25) is 0 Å². The molecule has 6 aromatic rings. The molecule has 0 N–H and O–H groups in total. The average Bonchev–Trinajstić information content (AvgIpc) is 3.91. The van der Waals surface area contributed by atoms with Crippen LogP contribution in [0.5, 0.6) is 11.5 Å². The first kappa shape index (κ1) is 37.9. The Bertz CT molecular complexity index is 2250. The van der Waals surface area contributed by atoms with Crippen molar-refractivity contribution in [2.45, 2.75) is 88.9 Å². The summed E-state index contributed by atoms with van der Waals surface area (Å²) in [6.07, 6.45) is 7.09. The van der Waals surface area contributed by atoms with Crippen LogP contribution < -0.4 is 9.47 Å². The maximum atomic E-state index is 14.7. The predicted molar refractivity (Wildman–Crippen MR) is 213 cm³/mol. The summed E-state index contributed by atoms with van der Waals surface area (Å²) >= 11 is 0. The number of hydrogen-bond donors (Lipinski definition) is 0. The lowest BCUT2D eigenvalue weighted by Crippen LogP contribution is -2.62. The van der Waals surface area contributed by atoms with Gasteiger partial charge in [0.05, 0.1) is 25.5 Å². The summed E-state index contributed by atoms with van der Waals surface area (Å²) in [6.45, 7) is 1.57. The van der Waals surface area contributed by atoms with Crippen LogP contribution in [0.25, 0.3) is 0 Å². The van der Waals surface area contributed by atoms with Crippen molar-refractivity contribution in [3.05, 3.63) is 155 Å². The van der Waals surface area contributed by atoms with Crippen LogP contribution in [0.1, 0.15) is 90.4 Å². The zero-order chi connectivity index (χ0) is 40.2. The molecule has 13 nitrogen and oxygen atoms in total. The van der Waals surface area contributed by atoms with Crippen LogP contribution in [0.4, 0.5) is 0 Å². The number of Topliss-reactive ketones (excluding diaryl/α,β-unsaturated/α-hetero) is 1. The minimum absolute atomic E-state index is 0.0232. The van der Waals surface area contributed by atoms with Crippen molar-refractivity contribution in [1.82, 2.24) is 30.0 Å². The van der Waals surface area contributed by atoms with Gasteiger partial charge in [-0.15, -0.1) is 10.2 Å². The fourth-order valence-corrected chi connectivity index (χ4v) is 8.75. The number of carbonyl (C=O) groups is 3. The highest BCUT2D eigenvalue weighted by Crippen LogP contribution is 2.59. The van der Waals surface area contributed by atoms with E-state index in [9.17, 15) is 14.4 Å². The quantitative estimate of drug-likeness (QED) is 0.0923. The number of aromatic nitrogens is 6. The van der Waals surface area contributed by atoms with Gasteiger partial charge in [-0.1, -0.05) is 102 Å². The molecule has 2 aromatic heterocycles. The van der Waals surface area contributed by atoms with Gasteiger partial charge in [-0.05, 0) is 59.4 Å². The molecule has 3 fully saturated rings. The number of benzene rings is 4. The van der Waals surface area contributed by atoms with Crippen LogP contribution in [-0.2, 0) is 50.2 Å². The molecule has 59 heavy (non-hydrogen) atoms. The van der Waals surface area contributed by atoms with Gasteiger partial charge in [-0.3, -0.25) is 14.4 Å². The van der Waals surface area contributed by atoms with E-state index in [1.807, 2.05) is 97.3 Å². The van der Waals surface area contributed by atoms with Crippen LogP contribution in [-0.4, -0.2) is 53.5 Å². The molecule has 1 saturated heterocycles. The van der Waals surface area contributed by atoms with Gasteiger partial charge in [0, 0.05) is 37.5 Å². The Hall–Kier alpha value is -6.63. The largest absolute Gasteiger partial charge is 0.487 e. The van der Waals surface area contributed by atoms with Crippen LogP contribution >= 0.6 is 0 Å². The molecular formula is C46H44N6O7. The standard InChI is InChI=1S/C46H44N6O7/c53-38-24-41(34-14-18-39(19-15-34)56-30-36-28-51(49-47-36)26-32-10-4-1-5-11-32)46(43(54)58-45(59-44(46)55)22-8-3-9-23-45)42(25-38)35-16-20-40(21-17-35)57-31-37-29-52(50-48-37)27-33-12-6-2-7-13-33/h1-2,4-7,10-21,28-29,41-42H,3,8-9,22-27,30-31H2/t41-,42+. The van der Waals surface area contributed by atoms with Crippen molar-refractivity contribution in [2.24, 2.45) is 5.41 Å². The van der Waals surface area contributed by atoms with Crippen LogP contribution in [0.3, 0.4) is 0 Å². The van der Waals surface area contributed by atoms with Gasteiger partial charge in [0.25, 0.3) is 5.79 Å². The van der Waals surface area contributed by atoms with E-state index in [0.29, 0.717) is 59.9 Å². The molecule has 3 heterocycles. The normalized spacial score (nSPS) is 19.6. The average molecular weight is 793 g/mol. The lowest BCUT2D eigenvalue weighted by molar-refractivity contribution is -0.275. The van der Waals surface area contributed by atoms with Gasteiger partial charge in [-0.2, -0.15) is 0 Å². The van der Waals surface area contributed by atoms with E-state index in [1.165, 1.54) is 0 Å². The molecule has 3 aliphatic rings. The second-order valence-corrected chi connectivity index (χ2v) is 15.7. The van der Waals surface area contributed by atoms with Crippen molar-refractivity contribution in [3.63, 3.8) is 0 Å². The number of hydrogen-bond acceptors (Lipinski definition) is 11. The van der Waals surface area contributed by atoms with Crippen molar-refractivity contribution >= 4 is 17.7 Å². The molecule has 4 aromatic carbocycles. The predicted octanol–water partition coefficient (Wildman–Crippen LogP) is 7.10. The Labute approximate surface area is 341 Å². The van der Waals surface area contributed by atoms with E-state index in [4.69, 9.17) is 18.9 Å². The zero-order valence-corrected chi connectivity index (χ0v) is 32.5. The first-order valence-corrected chi connectivity index (χ1v) is 20.2. The highest BCUT2D eigenvalue weighted by atomic mass is 16.7. The first-order valence-electron chi connectivity index (χ1n) is 20.2. The Balaban J connectivity index is 0.938. The van der Waals surface area contributed by atoms with E-state index in [2.05, 4.69) is 20.6 Å². The Kier molecular flexibility index (Phi) is 10.5. The third-order valence-corrected chi connectivity index (χ3v) is 11.7. The van der Waals surface area contributed by atoms with Crippen LogP contribution in [0.15, 0.2) is 122 Å². The SMILES string of the molecule is O=C1C[C@H](c2ccc(OCc3cn(Cc4ccccc4)nn3)cc2)C2(C(=O)OC3(CCCCC3)OC2=O)[C@H](c2ccc(OCc3cn(Cc4ccccc4)nn3)cc2)C1. The summed E-state index contributed by atoms with van der Waals surface area (Å²) in [5.74, 6) is -3.19. The molecule has 1 aliphatic heterocycles. The van der Waals surface area contributed by atoms with Gasteiger partial charge >= 0.3 is 11.9 Å². The van der Waals surface area contributed by atoms with E-state index in [-0.39, 0.29) is 31.8 Å². The summed E-state index contributed by atoms with van der Waals surface area (Å²) in [5, 5.41) is 17.0. The molecule has 0 amide bonds. The minimum atomic E-state index is -1.80. The zero-order valence-electron chi connectivity index (χ0n) is 32.5. The van der Waals surface area contributed by atoms with E-state index >= 15 is 0 Å². The summed E-state index contributed by atoms with van der Waals surface area (Å²) in [4.78, 5) is 43.1. The van der Waals surface area contributed by atoms with Gasteiger partial charge in [-0.25, -0.2) is 9.36 Å². The topological polar surface area (TPSA) is 150 Å².